The summed E-state index contributed by atoms with van der Waals surface area (Å²) in [5, 5.41) is 5.39. The molecular weight excluding hydrogens is 388 g/mol. The van der Waals surface area contributed by atoms with Gasteiger partial charge in [-0.25, -0.2) is 0 Å². The van der Waals surface area contributed by atoms with Crippen LogP contribution in [0.25, 0.3) is 0 Å². The highest BCUT2D eigenvalue weighted by molar-refractivity contribution is 6.35. The number of fused-ring (bicyclic) bond motifs is 1. The molecule has 2 aliphatic heterocycles. The van der Waals surface area contributed by atoms with Gasteiger partial charge in [0.15, 0.2) is 11.5 Å². The summed E-state index contributed by atoms with van der Waals surface area (Å²) in [5.74, 6) is -0.0409. The van der Waals surface area contributed by atoms with E-state index in [4.69, 9.17) is 14.2 Å². The molecule has 9 heteroatoms. The summed E-state index contributed by atoms with van der Waals surface area (Å²) in [6, 6.07) is 9.15. The van der Waals surface area contributed by atoms with Crippen LogP contribution in [0.15, 0.2) is 42.7 Å². The molecule has 158 valence electrons. The van der Waals surface area contributed by atoms with Gasteiger partial charge >= 0.3 is 11.8 Å². The largest absolute Gasteiger partial charge is 0.454 e. The van der Waals surface area contributed by atoms with Gasteiger partial charge in [-0.3, -0.25) is 19.5 Å². The molecule has 0 aliphatic carbocycles. The first-order chi connectivity index (χ1) is 14.7. The number of carbonyl (C=O) groups excluding carboxylic acids is 2. The van der Waals surface area contributed by atoms with Crippen molar-refractivity contribution in [2.45, 2.75) is 12.6 Å². The molecule has 4 rings (SSSR count). The van der Waals surface area contributed by atoms with Gasteiger partial charge in [0.05, 0.1) is 19.3 Å². The van der Waals surface area contributed by atoms with Crippen LogP contribution in [-0.2, 0) is 20.9 Å². The van der Waals surface area contributed by atoms with Crippen molar-refractivity contribution in [1.29, 1.82) is 0 Å². The smallest absolute Gasteiger partial charge is 0.309 e. The topological polar surface area (TPSA) is 102 Å². The standard InChI is InChI=1S/C21H24N4O5/c26-20(23-11-15-3-4-18-19(10-15)30-14-29-18)21(27)24-13-17(16-2-1-5-22-12-16)25-6-8-28-9-7-25/h1-5,10,12,17H,6-9,11,13-14H2,(H,23,26)(H,24,27)/t17-/m1/s1. The minimum Gasteiger partial charge on any atom is -0.454 e. The third-order valence-electron chi connectivity index (χ3n) is 5.11. The number of nitrogens with zero attached hydrogens (tertiary/aromatic N) is 2. The number of carbonyl (C=O) groups is 2. The lowest BCUT2D eigenvalue weighted by Gasteiger charge is -2.34. The monoisotopic (exact) mass is 412 g/mol. The Morgan fingerprint density at radius 2 is 1.87 bits per heavy atom. The van der Waals surface area contributed by atoms with E-state index in [0.29, 0.717) is 31.3 Å². The Bertz CT molecular complexity index is 886. The second-order valence-corrected chi connectivity index (χ2v) is 7.03. The summed E-state index contributed by atoms with van der Waals surface area (Å²) in [5.41, 5.74) is 1.81. The second kappa shape index (κ2) is 9.55. The van der Waals surface area contributed by atoms with Gasteiger partial charge in [-0.15, -0.1) is 0 Å². The Hall–Kier alpha value is -3.17. The second-order valence-electron chi connectivity index (χ2n) is 7.03. The number of nitrogens with one attached hydrogen (secondary N) is 2. The Kier molecular flexibility index (Phi) is 6.41. The molecule has 1 aromatic heterocycles. The van der Waals surface area contributed by atoms with Gasteiger partial charge in [0, 0.05) is 38.6 Å². The molecule has 1 aromatic carbocycles. The molecule has 0 spiro atoms. The Labute approximate surface area is 174 Å². The van der Waals surface area contributed by atoms with Crippen LogP contribution in [0.1, 0.15) is 17.2 Å². The molecule has 2 amide bonds. The Morgan fingerprint density at radius 1 is 1.07 bits per heavy atom. The molecule has 3 heterocycles. The Balaban J connectivity index is 1.31. The van der Waals surface area contributed by atoms with Crippen LogP contribution in [0, 0.1) is 0 Å². The molecule has 0 radical (unpaired) electrons. The SMILES string of the molecule is O=C(NCc1ccc2c(c1)OCO2)C(=O)NC[C@H](c1cccnc1)N1CCOCC1. The quantitative estimate of drug-likeness (QED) is 0.671. The number of hydrogen-bond acceptors (Lipinski definition) is 7. The molecule has 0 saturated carbocycles. The number of amides is 2. The zero-order valence-electron chi connectivity index (χ0n) is 16.5. The van der Waals surface area contributed by atoms with Crippen LogP contribution in [-0.4, -0.2) is 61.3 Å². The van der Waals surface area contributed by atoms with E-state index in [0.717, 1.165) is 24.2 Å². The normalized spacial score (nSPS) is 16.7. The minimum absolute atomic E-state index is 0.0757. The van der Waals surface area contributed by atoms with Crippen LogP contribution in [0.2, 0.25) is 0 Å². The first-order valence-electron chi connectivity index (χ1n) is 9.87. The molecule has 9 nitrogen and oxygen atoms in total. The van der Waals surface area contributed by atoms with Crippen molar-refractivity contribution in [3.8, 4) is 11.5 Å². The average Bonchev–Trinajstić information content (AvgIpc) is 3.27. The number of pyridine rings is 1. The Morgan fingerprint density at radius 3 is 2.67 bits per heavy atom. The number of benzene rings is 1. The fraction of sp³-hybridized carbons (Fsp3) is 0.381. The van der Waals surface area contributed by atoms with E-state index >= 15 is 0 Å². The maximum atomic E-state index is 12.3. The zero-order chi connectivity index (χ0) is 20.8. The lowest BCUT2D eigenvalue weighted by atomic mass is 10.1. The van der Waals surface area contributed by atoms with Crippen molar-refractivity contribution in [3.05, 3.63) is 53.9 Å². The lowest BCUT2D eigenvalue weighted by Crippen LogP contribution is -2.46. The fourth-order valence-corrected chi connectivity index (χ4v) is 3.50. The summed E-state index contributed by atoms with van der Waals surface area (Å²) in [4.78, 5) is 31.0. The maximum Gasteiger partial charge on any atom is 0.309 e. The number of rotatable bonds is 6. The van der Waals surface area contributed by atoms with Crippen LogP contribution < -0.4 is 20.1 Å². The molecule has 1 saturated heterocycles. The van der Waals surface area contributed by atoms with Gasteiger partial charge in [-0.2, -0.15) is 0 Å². The highest BCUT2D eigenvalue weighted by Crippen LogP contribution is 2.32. The maximum absolute atomic E-state index is 12.3. The van der Waals surface area contributed by atoms with Crippen molar-refractivity contribution in [3.63, 3.8) is 0 Å². The number of hydrogen-bond donors (Lipinski definition) is 2. The van der Waals surface area contributed by atoms with Gasteiger partial charge in [0.1, 0.15) is 0 Å². The molecule has 30 heavy (non-hydrogen) atoms. The van der Waals surface area contributed by atoms with Gasteiger partial charge < -0.3 is 24.8 Å². The highest BCUT2D eigenvalue weighted by Gasteiger charge is 2.24. The lowest BCUT2D eigenvalue weighted by molar-refractivity contribution is -0.139. The molecule has 2 aliphatic rings. The van der Waals surface area contributed by atoms with E-state index in [-0.39, 0.29) is 19.4 Å². The van der Waals surface area contributed by atoms with E-state index in [9.17, 15) is 9.59 Å². The predicted molar refractivity (Wildman–Crippen MR) is 107 cm³/mol. The molecule has 0 bridgehead atoms. The third-order valence-corrected chi connectivity index (χ3v) is 5.11. The van der Waals surface area contributed by atoms with Gasteiger partial charge in [0.2, 0.25) is 6.79 Å². The first-order valence-corrected chi connectivity index (χ1v) is 9.87. The number of ether oxygens (including phenoxy) is 3. The van der Waals surface area contributed by atoms with Crippen LogP contribution in [0.5, 0.6) is 11.5 Å². The van der Waals surface area contributed by atoms with E-state index in [1.807, 2.05) is 18.2 Å². The molecule has 1 fully saturated rings. The number of aromatic nitrogens is 1. The molecule has 1 atom stereocenters. The summed E-state index contributed by atoms with van der Waals surface area (Å²) < 4.78 is 16.0. The summed E-state index contributed by atoms with van der Waals surface area (Å²) in [6.45, 7) is 3.51. The molecule has 2 N–H and O–H groups in total. The fourth-order valence-electron chi connectivity index (χ4n) is 3.50. The van der Waals surface area contributed by atoms with E-state index in [1.165, 1.54) is 0 Å². The van der Waals surface area contributed by atoms with Crippen LogP contribution in [0.4, 0.5) is 0 Å². The van der Waals surface area contributed by atoms with Crippen molar-refractivity contribution < 1.29 is 23.8 Å². The van der Waals surface area contributed by atoms with Crippen molar-refractivity contribution in [2.24, 2.45) is 0 Å². The third kappa shape index (κ3) is 4.87. The molecule has 0 unspecified atom stereocenters. The summed E-state index contributed by atoms with van der Waals surface area (Å²) >= 11 is 0. The highest BCUT2D eigenvalue weighted by atomic mass is 16.7. The van der Waals surface area contributed by atoms with E-state index in [1.54, 1.807) is 24.5 Å². The first kappa shape index (κ1) is 20.1. The predicted octanol–water partition coefficient (Wildman–Crippen LogP) is 0.616. The van der Waals surface area contributed by atoms with Crippen molar-refractivity contribution in [2.75, 3.05) is 39.6 Å². The van der Waals surface area contributed by atoms with E-state index in [2.05, 4.69) is 20.5 Å². The van der Waals surface area contributed by atoms with Crippen LogP contribution in [0.3, 0.4) is 0 Å². The number of morpholine rings is 1. The van der Waals surface area contributed by atoms with E-state index < -0.39 is 11.8 Å². The van der Waals surface area contributed by atoms with Crippen LogP contribution >= 0.6 is 0 Å². The van der Waals surface area contributed by atoms with Gasteiger partial charge in [0.25, 0.3) is 0 Å². The van der Waals surface area contributed by atoms with Gasteiger partial charge in [-0.1, -0.05) is 12.1 Å². The van der Waals surface area contributed by atoms with Crippen molar-refractivity contribution >= 4 is 11.8 Å². The zero-order valence-corrected chi connectivity index (χ0v) is 16.5. The average molecular weight is 412 g/mol. The van der Waals surface area contributed by atoms with Gasteiger partial charge in [-0.05, 0) is 29.3 Å². The minimum atomic E-state index is -0.681. The molecular formula is C21H24N4O5. The summed E-state index contributed by atoms with van der Waals surface area (Å²) in [6.07, 6.45) is 3.49. The summed E-state index contributed by atoms with van der Waals surface area (Å²) in [7, 11) is 0. The molecule has 2 aromatic rings. The van der Waals surface area contributed by atoms with Crippen molar-refractivity contribution in [1.82, 2.24) is 20.5 Å².